The smallest absolute Gasteiger partial charge is 0.326 e. The molecular weight excluding hydrogens is 273 g/mol. The van der Waals surface area contributed by atoms with Crippen LogP contribution in [0, 0.1) is 5.82 Å². The summed E-state index contributed by atoms with van der Waals surface area (Å²) in [5.41, 5.74) is -0.143. The average Bonchev–Trinajstić information content (AvgIpc) is 2.37. The molecular formula is C16H20FNO3. The SMILES string of the molecule is CCCC(NC(=O)C1(c2cccc(F)c2)CCC1)C(=O)O. The van der Waals surface area contributed by atoms with Crippen LogP contribution in [0.4, 0.5) is 4.39 Å². The minimum atomic E-state index is -1.03. The summed E-state index contributed by atoms with van der Waals surface area (Å²) in [6.07, 6.45) is 3.20. The first-order valence-electron chi connectivity index (χ1n) is 7.29. The van der Waals surface area contributed by atoms with Crippen LogP contribution in [0.15, 0.2) is 24.3 Å². The molecule has 5 heteroatoms. The Morgan fingerprint density at radius 2 is 2.14 bits per heavy atom. The first-order valence-corrected chi connectivity index (χ1v) is 7.29. The summed E-state index contributed by atoms with van der Waals surface area (Å²) in [5.74, 6) is -1.71. The minimum absolute atomic E-state index is 0.305. The van der Waals surface area contributed by atoms with Crippen LogP contribution in [0.5, 0.6) is 0 Å². The molecule has 114 valence electrons. The molecule has 4 nitrogen and oxygen atoms in total. The number of nitrogens with one attached hydrogen (secondary N) is 1. The van der Waals surface area contributed by atoms with E-state index in [9.17, 15) is 14.0 Å². The average molecular weight is 293 g/mol. The number of carboxylic acids is 1. The summed E-state index contributed by atoms with van der Waals surface area (Å²) in [4.78, 5) is 23.7. The van der Waals surface area contributed by atoms with Crippen LogP contribution in [-0.2, 0) is 15.0 Å². The second-order valence-electron chi connectivity index (χ2n) is 5.60. The number of carbonyl (C=O) groups excluding carboxylic acids is 1. The Hall–Kier alpha value is -1.91. The van der Waals surface area contributed by atoms with Gasteiger partial charge in [-0.1, -0.05) is 31.9 Å². The second-order valence-corrected chi connectivity index (χ2v) is 5.60. The van der Waals surface area contributed by atoms with Crippen molar-refractivity contribution >= 4 is 11.9 Å². The Kier molecular flexibility index (Phi) is 4.60. The molecule has 1 atom stereocenters. The Balaban J connectivity index is 2.20. The Morgan fingerprint density at radius 3 is 2.62 bits per heavy atom. The number of hydrogen-bond acceptors (Lipinski definition) is 2. The zero-order valence-electron chi connectivity index (χ0n) is 12.1. The lowest BCUT2D eigenvalue weighted by Crippen LogP contribution is -2.53. The van der Waals surface area contributed by atoms with Crippen LogP contribution in [-0.4, -0.2) is 23.0 Å². The number of halogens is 1. The van der Waals surface area contributed by atoms with Gasteiger partial charge in [-0.3, -0.25) is 4.79 Å². The fourth-order valence-corrected chi connectivity index (χ4v) is 2.81. The lowest BCUT2D eigenvalue weighted by Gasteiger charge is -2.41. The quantitative estimate of drug-likeness (QED) is 0.847. The lowest BCUT2D eigenvalue weighted by molar-refractivity contribution is -0.143. The summed E-state index contributed by atoms with van der Waals surface area (Å²) in [5, 5.41) is 11.8. The van der Waals surface area contributed by atoms with Crippen molar-refractivity contribution in [1.82, 2.24) is 5.32 Å². The van der Waals surface area contributed by atoms with E-state index in [1.807, 2.05) is 6.92 Å². The highest BCUT2D eigenvalue weighted by molar-refractivity contribution is 5.92. The highest BCUT2D eigenvalue weighted by atomic mass is 19.1. The van der Waals surface area contributed by atoms with Gasteiger partial charge in [0.25, 0.3) is 0 Å². The maximum absolute atomic E-state index is 13.4. The van der Waals surface area contributed by atoms with Gasteiger partial charge in [-0.05, 0) is 37.0 Å². The predicted octanol–water partition coefficient (Wildman–Crippen LogP) is 2.62. The van der Waals surface area contributed by atoms with Crippen molar-refractivity contribution in [1.29, 1.82) is 0 Å². The van der Waals surface area contributed by atoms with Gasteiger partial charge in [-0.25, -0.2) is 9.18 Å². The van der Waals surface area contributed by atoms with E-state index >= 15 is 0 Å². The van der Waals surface area contributed by atoms with Crippen LogP contribution >= 0.6 is 0 Å². The monoisotopic (exact) mass is 293 g/mol. The van der Waals surface area contributed by atoms with Gasteiger partial charge in [-0.2, -0.15) is 0 Å². The number of hydrogen-bond donors (Lipinski definition) is 2. The maximum atomic E-state index is 13.4. The number of aliphatic carboxylic acids is 1. The molecule has 1 unspecified atom stereocenters. The third kappa shape index (κ3) is 3.06. The summed E-state index contributed by atoms with van der Waals surface area (Å²) in [6.45, 7) is 1.87. The van der Waals surface area contributed by atoms with Crippen LogP contribution in [0.1, 0.15) is 44.6 Å². The van der Waals surface area contributed by atoms with Crippen molar-refractivity contribution in [3.63, 3.8) is 0 Å². The fraction of sp³-hybridized carbons (Fsp3) is 0.500. The molecule has 21 heavy (non-hydrogen) atoms. The molecule has 1 aliphatic rings. The summed E-state index contributed by atoms with van der Waals surface area (Å²) < 4.78 is 13.4. The molecule has 0 bridgehead atoms. The maximum Gasteiger partial charge on any atom is 0.326 e. The first-order chi connectivity index (χ1) is 9.99. The number of carboxylic acid groups (broad SMARTS) is 1. The largest absolute Gasteiger partial charge is 0.480 e. The van der Waals surface area contributed by atoms with Crippen molar-refractivity contribution < 1.29 is 19.1 Å². The van der Waals surface area contributed by atoms with Gasteiger partial charge in [0, 0.05) is 0 Å². The fourth-order valence-electron chi connectivity index (χ4n) is 2.81. The molecule has 0 saturated heterocycles. The van der Waals surface area contributed by atoms with Crippen molar-refractivity contribution in [2.24, 2.45) is 0 Å². The van der Waals surface area contributed by atoms with E-state index in [1.54, 1.807) is 12.1 Å². The van der Waals surface area contributed by atoms with Gasteiger partial charge in [0.2, 0.25) is 5.91 Å². The predicted molar refractivity (Wildman–Crippen MR) is 76.4 cm³/mol. The van der Waals surface area contributed by atoms with Crippen LogP contribution < -0.4 is 5.32 Å². The normalized spacial score (nSPS) is 17.6. The zero-order chi connectivity index (χ0) is 15.5. The highest BCUT2D eigenvalue weighted by Crippen LogP contribution is 2.44. The molecule has 0 spiro atoms. The Labute approximate surface area is 123 Å². The molecule has 0 heterocycles. The van der Waals surface area contributed by atoms with E-state index in [0.29, 0.717) is 31.2 Å². The number of rotatable bonds is 6. The number of benzene rings is 1. The zero-order valence-corrected chi connectivity index (χ0v) is 12.1. The van der Waals surface area contributed by atoms with E-state index in [0.717, 1.165) is 6.42 Å². The van der Waals surface area contributed by atoms with E-state index in [2.05, 4.69) is 5.32 Å². The lowest BCUT2D eigenvalue weighted by atomic mass is 9.63. The molecule has 0 radical (unpaired) electrons. The molecule has 1 fully saturated rings. The summed E-state index contributed by atoms with van der Waals surface area (Å²) in [7, 11) is 0. The minimum Gasteiger partial charge on any atom is -0.480 e. The molecule has 2 N–H and O–H groups in total. The molecule has 1 aromatic rings. The van der Waals surface area contributed by atoms with Crippen molar-refractivity contribution in [3.8, 4) is 0 Å². The Bertz CT molecular complexity index is 540. The van der Waals surface area contributed by atoms with E-state index < -0.39 is 17.4 Å². The van der Waals surface area contributed by atoms with Crippen LogP contribution in [0.2, 0.25) is 0 Å². The van der Waals surface area contributed by atoms with Gasteiger partial charge in [0.05, 0.1) is 5.41 Å². The topological polar surface area (TPSA) is 66.4 Å². The molecule has 0 aromatic heterocycles. The number of carbonyl (C=O) groups is 2. The summed E-state index contributed by atoms with van der Waals surface area (Å²) in [6, 6.07) is 5.14. The third-order valence-electron chi connectivity index (χ3n) is 4.20. The van der Waals surface area contributed by atoms with Gasteiger partial charge < -0.3 is 10.4 Å². The molecule has 1 aliphatic carbocycles. The second kappa shape index (κ2) is 6.24. The van der Waals surface area contributed by atoms with Crippen molar-refractivity contribution in [2.75, 3.05) is 0 Å². The molecule has 0 aliphatic heterocycles. The van der Waals surface area contributed by atoms with Crippen molar-refractivity contribution in [2.45, 2.75) is 50.5 Å². The molecule has 1 aromatic carbocycles. The van der Waals surface area contributed by atoms with Gasteiger partial charge in [0.1, 0.15) is 11.9 Å². The standard InChI is InChI=1S/C16H20FNO3/c1-2-5-13(14(19)20)18-15(21)16(8-4-9-16)11-6-3-7-12(17)10-11/h3,6-7,10,13H,2,4-5,8-9H2,1H3,(H,18,21)(H,19,20). The van der Waals surface area contributed by atoms with Gasteiger partial charge >= 0.3 is 5.97 Å². The molecule has 1 saturated carbocycles. The van der Waals surface area contributed by atoms with Gasteiger partial charge in [-0.15, -0.1) is 0 Å². The molecule has 2 rings (SSSR count). The number of amides is 1. The highest BCUT2D eigenvalue weighted by Gasteiger charge is 2.46. The van der Waals surface area contributed by atoms with E-state index in [4.69, 9.17) is 5.11 Å². The summed E-state index contributed by atoms with van der Waals surface area (Å²) >= 11 is 0. The van der Waals surface area contributed by atoms with Crippen LogP contribution in [0.25, 0.3) is 0 Å². The van der Waals surface area contributed by atoms with E-state index in [1.165, 1.54) is 12.1 Å². The molecule has 1 amide bonds. The van der Waals surface area contributed by atoms with Crippen LogP contribution in [0.3, 0.4) is 0 Å². The van der Waals surface area contributed by atoms with Gasteiger partial charge in [0.15, 0.2) is 0 Å². The first kappa shape index (κ1) is 15.5. The van der Waals surface area contributed by atoms with E-state index in [-0.39, 0.29) is 11.7 Å². The van der Waals surface area contributed by atoms with Crippen molar-refractivity contribution in [3.05, 3.63) is 35.6 Å². The third-order valence-corrected chi connectivity index (χ3v) is 4.20. The Morgan fingerprint density at radius 1 is 1.43 bits per heavy atom.